The summed E-state index contributed by atoms with van der Waals surface area (Å²) in [6.07, 6.45) is 16.0. The van der Waals surface area contributed by atoms with E-state index >= 15 is 0 Å². The second-order valence-corrected chi connectivity index (χ2v) is 11.0. The van der Waals surface area contributed by atoms with Gasteiger partial charge in [0.15, 0.2) is 0 Å². The molecule has 27 heavy (non-hydrogen) atoms. The van der Waals surface area contributed by atoms with Gasteiger partial charge in [-0.1, -0.05) is 52.4 Å². The van der Waals surface area contributed by atoms with Gasteiger partial charge < -0.3 is 16.4 Å². The maximum Gasteiger partial charge on any atom is 0.223 e. The first-order valence-electron chi connectivity index (χ1n) is 11.7. The van der Waals surface area contributed by atoms with Crippen LogP contribution in [0.25, 0.3) is 0 Å². The monoisotopic (exact) mass is 375 g/mol. The molecule has 2 spiro atoms. The van der Waals surface area contributed by atoms with Gasteiger partial charge in [-0.3, -0.25) is 4.79 Å². The summed E-state index contributed by atoms with van der Waals surface area (Å²) in [5.74, 6) is 1.44. The maximum absolute atomic E-state index is 12.5. The molecule has 2 unspecified atom stereocenters. The van der Waals surface area contributed by atoms with Crippen LogP contribution in [0.1, 0.15) is 90.9 Å². The lowest BCUT2D eigenvalue weighted by Crippen LogP contribution is -2.46. The molecule has 2 atom stereocenters. The Labute approximate surface area is 165 Å². The molecule has 154 valence electrons. The molecular formula is C23H41N3O. The normalized spacial score (nSPS) is 34.1. The molecule has 2 aliphatic heterocycles. The van der Waals surface area contributed by atoms with Crippen LogP contribution in [-0.4, -0.2) is 30.1 Å². The van der Waals surface area contributed by atoms with E-state index < -0.39 is 5.41 Å². The van der Waals surface area contributed by atoms with Crippen molar-refractivity contribution in [1.82, 2.24) is 10.6 Å². The molecular weight excluding hydrogens is 334 g/mol. The van der Waals surface area contributed by atoms with Gasteiger partial charge in [-0.25, -0.2) is 0 Å². The predicted octanol–water partition coefficient (Wildman–Crippen LogP) is 3.74. The number of nitrogens with one attached hydrogen (secondary N) is 2. The average Bonchev–Trinajstić information content (AvgIpc) is 3.22. The standard InChI is InChI=1S/C23H41N3O/c1-21(2,20(24)27)19(17-13-22(25-15-17)9-5-3-6-10-22)18-14-23(26-16-18)11-7-4-8-12-23/h17-19,25-26H,3-16H2,1-2H3,(H2,24,27). The van der Waals surface area contributed by atoms with Crippen LogP contribution in [0.3, 0.4) is 0 Å². The van der Waals surface area contributed by atoms with Crippen LogP contribution in [0.15, 0.2) is 0 Å². The zero-order valence-electron chi connectivity index (χ0n) is 17.6. The van der Waals surface area contributed by atoms with Crippen LogP contribution < -0.4 is 16.4 Å². The van der Waals surface area contributed by atoms with E-state index in [4.69, 9.17) is 5.73 Å². The second-order valence-electron chi connectivity index (χ2n) is 11.0. The topological polar surface area (TPSA) is 67.2 Å². The van der Waals surface area contributed by atoms with Crippen LogP contribution in [0.5, 0.6) is 0 Å². The molecule has 0 radical (unpaired) electrons. The van der Waals surface area contributed by atoms with Crippen molar-refractivity contribution in [1.29, 1.82) is 0 Å². The second kappa shape index (κ2) is 7.33. The van der Waals surface area contributed by atoms with E-state index in [-0.39, 0.29) is 5.91 Å². The van der Waals surface area contributed by atoms with E-state index in [1.54, 1.807) is 0 Å². The van der Waals surface area contributed by atoms with Crippen molar-refractivity contribution in [2.45, 2.75) is 102 Å². The number of amides is 1. The summed E-state index contributed by atoms with van der Waals surface area (Å²) < 4.78 is 0. The van der Waals surface area contributed by atoms with Crippen molar-refractivity contribution in [2.24, 2.45) is 28.9 Å². The highest BCUT2D eigenvalue weighted by atomic mass is 16.1. The number of nitrogens with two attached hydrogens (primary N) is 1. The SMILES string of the molecule is CC(C)(C(N)=O)C(C1CNC2(CCCCC2)C1)C1CNC2(CCCCC2)C1. The molecule has 2 aliphatic carbocycles. The van der Waals surface area contributed by atoms with E-state index in [9.17, 15) is 4.79 Å². The zero-order valence-corrected chi connectivity index (χ0v) is 17.6. The molecule has 0 bridgehead atoms. The molecule has 2 saturated carbocycles. The number of rotatable bonds is 4. The third-order valence-corrected chi connectivity index (χ3v) is 8.89. The molecule has 2 saturated heterocycles. The van der Waals surface area contributed by atoms with Gasteiger partial charge in [0.25, 0.3) is 0 Å². The van der Waals surface area contributed by atoms with Crippen LogP contribution in [-0.2, 0) is 4.79 Å². The van der Waals surface area contributed by atoms with E-state index in [0.717, 1.165) is 13.1 Å². The van der Waals surface area contributed by atoms with Gasteiger partial charge >= 0.3 is 0 Å². The van der Waals surface area contributed by atoms with E-state index in [2.05, 4.69) is 24.5 Å². The summed E-state index contributed by atoms with van der Waals surface area (Å²) in [4.78, 5) is 12.5. The summed E-state index contributed by atoms with van der Waals surface area (Å²) in [5.41, 5.74) is 6.24. The number of carbonyl (C=O) groups excluding carboxylic acids is 1. The molecule has 4 N–H and O–H groups in total. The van der Waals surface area contributed by atoms with Gasteiger partial charge in [0.1, 0.15) is 0 Å². The fourth-order valence-corrected chi connectivity index (χ4v) is 7.44. The van der Waals surface area contributed by atoms with Gasteiger partial charge in [-0.15, -0.1) is 0 Å². The predicted molar refractivity (Wildman–Crippen MR) is 110 cm³/mol. The number of hydrogen-bond donors (Lipinski definition) is 3. The lowest BCUT2D eigenvalue weighted by Gasteiger charge is -2.42. The van der Waals surface area contributed by atoms with Crippen molar-refractivity contribution in [2.75, 3.05) is 13.1 Å². The maximum atomic E-state index is 12.5. The van der Waals surface area contributed by atoms with Crippen molar-refractivity contribution >= 4 is 5.91 Å². The van der Waals surface area contributed by atoms with Crippen LogP contribution in [0.4, 0.5) is 0 Å². The molecule has 4 heteroatoms. The summed E-state index contributed by atoms with van der Waals surface area (Å²) in [6.45, 7) is 6.39. The van der Waals surface area contributed by atoms with E-state index in [0.29, 0.717) is 28.8 Å². The molecule has 1 amide bonds. The first-order chi connectivity index (χ1) is 12.9. The highest BCUT2D eigenvalue weighted by molar-refractivity contribution is 5.80. The summed E-state index contributed by atoms with van der Waals surface area (Å²) in [7, 11) is 0. The quantitative estimate of drug-likeness (QED) is 0.701. The lowest BCUT2D eigenvalue weighted by molar-refractivity contribution is -0.131. The number of hydrogen-bond acceptors (Lipinski definition) is 3. The Kier molecular flexibility index (Phi) is 5.35. The Morgan fingerprint density at radius 2 is 1.26 bits per heavy atom. The molecule has 0 aromatic carbocycles. The van der Waals surface area contributed by atoms with Crippen molar-refractivity contribution in [3.8, 4) is 0 Å². The highest BCUT2D eigenvalue weighted by Crippen LogP contribution is 2.51. The Morgan fingerprint density at radius 3 is 1.63 bits per heavy atom. The van der Waals surface area contributed by atoms with Crippen molar-refractivity contribution < 1.29 is 4.79 Å². The smallest absolute Gasteiger partial charge is 0.223 e. The first-order valence-corrected chi connectivity index (χ1v) is 11.7. The largest absolute Gasteiger partial charge is 0.369 e. The van der Waals surface area contributed by atoms with E-state index in [1.807, 2.05) is 0 Å². The Balaban J connectivity index is 1.54. The van der Waals surface area contributed by atoms with Gasteiger partial charge in [-0.2, -0.15) is 0 Å². The van der Waals surface area contributed by atoms with Crippen LogP contribution >= 0.6 is 0 Å². The summed E-state index contributed by atoms with van der Waals surface area (Å²) in [6, 6.07) is 0. The van der Waals surface area contributed by atoms with Gasteiger partial charge in [0.2, 0.25) is 5.91 Å². The van der Waals surface area contributed by atoms with Gasteiger partial charge in [0, 0.05) is 16.5 Å². The summed E-state index contributed by atoms with van der Waals surface area (Å²) >= 11 is 0. The number of primary amides is 1. The lowest BCUT2D eigenvalue weighted by atomic mass is 9.62. The molecule has 0 aromatic heterocycles. The first kappa shape index (κ1) is 19.7. The molecule has 4 aliphatic rings. The fraction of sp³-hybridized carbons (Fsp3) is 0.957. The summed E-state index contributed by atoms with van der Waals surface area (Å²) in [5, 5.41) is 7.87. The third kappa shape index (κ3) is 3.69. The minimum absolute atomic E-state index is 0.110. The van der Waals surface area contributed by atoms with Crippen LogP contribution in [0.2, 0.25) is 0 Å². The minimum Gasteiger partial charge on any atom is -0.369 e. The number of carbonyl (C=O) groups is 1. The minimum atomic E-state index is -0.431. The van der Waals surface area contributed by atoms with E-state index in [1.165, 1.54) is 77.0 Å². The Morgan fingerprint density at radius 1 is 0.852 bits per heavy atom. The zero-order chi connectivity index (χ0) is 19.1. The fourth-order valence-electron chi connectivity index (χ4n) is 7.44. The third-order valence-electron chi connectivity index (χ3n) is 8.89. The van der Waals surface area contributed by atoms with Crippen LogP contribution in [0, 0.1) is 23.2 Å². The van der Waals surface area contributed by atoms with Gasteiger partial charge in [-0.05, 0) is 69.4 Å². The molecule has 4 fully saturated rings. The Hall–Kier alpha value is -0.610. The average molecular weight is 376 g/mol. The van der Waals surface area contributed by atoms with Gasteiger partial charge in [0.05, 0.1) is 0 Å². The molecule has 2 heterocycles. The molecule has 4 rings (SSSR count). The highest BCUT2D eigenvalue weighted by Gasteiger charge is 2.53. The molecule has 4 nitrogen and oxygen atoms in total. The Bertz CT molecular complexity index is 510. The van der Waals surface area contributed by atoms with Crippen molar-refractivity contribution in [3.63, 3.8) is 0 Å². The molecule has 0 aromatic rings. The van der Waals surface area contributed by atoms with Crippen molar-refractivity contribution in [3.05, 3.63) is 0 Å².